The van der Waals surface area contributed by atoms with Gasteiger partial charge in [0.15, 0.2) is 11.5 Å². The summed E-state index contributed by atoms with van der Waals surface area (Å²) in [6, 6.07) is 13.2. The van der Waals surface area contributed by atoms with Gasteiger partial charge in [-0.05, 0) is 23.3 Å². The molecule has 0 radical (unpaired) electrons. The van der Waals surface area contributed by atoms with E-state index in [0.29, 0.717) is 28.7 Å². The average Bonchev–Trinajstić information content (AvgIpc) is 2.54. The van der Waals surface area contributed by atoms with Gasteiger partial charge in [0.25, 0.3) is 0 Å². The van der Waals surface area contributed by atoms with E-state index >= 15 is 0 Å². The molecule has 0 aliphatic carbocycles. The second kappa shape index (κ2) is 8.19. The van der Waals surface area contributed by atoms with Crippen molar-refractivity contribution in [1.82, 2.24) is 5.43 Å². The van der Waals surface area contributed by atoms with E-state index in [1.54, 1.807) is 12.1 Å². The van der Waals surface area contributed by atoms with Crippen molar-refractivity contribution >= 4 is 23.7 Å². The van der Waals surface area contributed by atoms with Crippen LogP contribution in [0.2, 0.25) is 5.02 Å². The minimum atomic E-state index is -0.248. The molecule has 0 aromatic heterocycles. The Labute approximate surface area is 139 Å². The standard InChI is InChI=1S/C17H17ClN2O3/c1-12(21)20-19-10-14-8-15(18)17(16(9-14)22-2)23-11-13-6-4-3-5-7-13/h3-10H,11H2,1-2H3,(H,20,21)/b19-10-. The van der Waals surface area contributed by atoms with Crippen molar-refractivity contribution in [3.8, 4) is 11.5 Å². The van der Waals surface area contributed by atoms with Crippen molar-refractivity contribution < 1.29 is 14.3 Å². The molecule has 0 fully saturated rings. The van der Waals surface area contributed by atoms with E-state index in [0.717, 1.165) is 5.56 Å². The predicted octanol–water partition coefficient (Wildman–Crippen LogP) is 3.40. The van der Waals surface area contributed by atoms with E-state index in [1.807, 2.05) is 30.3 Å². The lowest BCUT2D eigenvalue weighted by atomic mass is 10.2. The molecule has 0 unspecified atom stereocenters. The van der Waals surface area contributed by atoms with Crippen LogP contribution in [0.1, 0.15) is 18.1 Å². The molecule has 2 aromatic rings. The number of benzene rings is 2. The van der Waals surface area contributed by atoms with Crippen LogP contribution in [0.4, 0.5) is 0 Å². The summed E-state index contributed by atoms with van der Waals surface area (Å²) in [5.41, 5.74) is 4.04. The molecule has 0 saturated carbocycles. The van der Waals surface area contributed by atoms with Gasteiger partial charge in [-0.15, -0.1) is 0 Å². The maximum atomic E-state index is 10.8. The molecular weight excluding hydrogens is 316 g/mol. The topological polar surface area (TPSA) is 59.9 Å². The Kier molecular flexibility index (Phi) is 6.00. The Morgan fingerprint density at radius 2 is 2.04 bits per heavy atom. The van der Waals surface area contributed by atoms with Crippen LogP contribution in [0, 0.1) is 0 Å². The number of hydrazone groups is 1. The highest BCUT2D eigenvalue weighted by Crippen LogP contribution is 2.36. The fourth-order valence-electron chi connectivity index (χ4n) is 1.88. The molecule has 23 heavy (non-hydrogen) atoms. The molecule has 5 nitrogen and oxygen atoms in total. The lowest BCUT2D eigenvalue weighted by Crippen LogP contribution is -2.12. The zero-order valence-electron chi connectivity index (χ0n) is 12.9. The molecule has 0 bridgehead atoms. The molecule has 1 N–H and O–H groups in total. The minimum absolute atomic E-state index is 0.248. The zero-order valence-corrected chi connectivity index (χ0v) is 13.6. The third-order valence-corrected chi connectivity index (χ3v) is 3.19. The molecule has 1 amide bonds. The fraction of sp³-hybridized carbons (Fsp3) is 0.176. The van der Waals surface area contributed by atoms with Crippen molar-refractivity contribution in [3.05, 3.63) is 58.6 Å². The molecule has 0 saturated heterocycles. The minimum Gasteiger partial charge on any atom is -0.493 e. The van der Waals surface area contributed by atoms with Gasteiger partial charge < -0.3 is 9.47 Å². The number of hydrogen-bond acceptors (Lipinski definition) is 4. The van der Waals surface area contributed by atoms with Gasteiger partial charge in [0.2, 0.25) is 5.91 Å². The first-order valence-corrected chi connectivity index (χ1v) is 7.32. The van der Waals surface area contributed by atoms with E-state index in [1.165, 1.54) is 20.2 Å². The number of carbonyl (C=O) groups is 1. The van der Waals surface area contributed by atoms with Crippen LogP contribution < -0.4 is 14.9 Å². The zero-order chi connectivity index (χ0) is 16.7. The highest BCUT2D eigenvalue weighted by molar-refractivity contribution is 6.32. The quantitative estimate of drug-likeness (QED) is 0.651. The summed E-state index contributed by atoms with van der Waals surface area (Å²) in [5.74, 6) is 0.717. The molecule has 6 heteroatoms. The lowest BCUT2D eigenvalue weighted by Gasteiger charge is -2.13. The number of methoxy groups -OCH3 is 1. The van der Waals surface area contributed by atoms with Gasteiger partial charge in [-0.3, -0.25) is 4.79 Å². The van der Waals surface area contributed by atoms with Gasteiger partial charge in [0.05, 0.1) is 18.3 Å². The van der Waals surface area contributed by atoms with E-state index < -0.39 is 0 Å². The fourth-order valence-corrected chi connectivity index (χ4v) is 2.16. The van der Waals surface area contributed by atoms with Crippen molar-refractivity contribution in [3.63, 3.8) is 0 Å². The maximum absolute atomic E-state index is 10.8. The molecule has 0 aliphatic heterocycles. The smallest absolute Gasteiger partial charge is 0.236 e. The second-order valence-electron chi connectivity index (χ2n) is 4.73. The van der Waals surface area contributed by atoms with E-state index in [9.17, 15) is 4.79 Å². The number of halogens is 1. The summed E-state index contributed by atoms with van der Waals surface area (Å²) in [6.07, 6.45) is 1.48. The molecular formula is C17H17ClN2O3. The summed E-state index contributed by atoms with van der Waals surface area (Å²) < 4.78 is 11.1. The largest absolute Gasteiger partial charge is 0.493 e. The summed E-state index contributed by atoms with van der Waals surface area (Å²) in [7, 11) is 1.54. The average molecular weight is 333 g/mol. The summed E-state index contributed by atoms with van der Waals surface area (Å²) in [5, 5.41) is 4.21. The van der Waals surface area contributed by atoms with Gasteiger partial charge in [0, 0.05) is 6.92 Å². The van der Waals surface area contributed by atoms with Gasteiger partial charge in [-0.25, -0.2) is 5.43 Å². The number of amides is 1. The van der Waals surface area contributed by atoms with Crippen LogP contribution in [-0.4, -0.2) is 19.2 Å². The molecule has 0 aliphatic rings. The van der Waals surface area contributed by atoms with Gasteiger partial charge in [0.1, 0.15) is 6.61 Å². The Hall–Kier alpha value is -2.53. The van der Waals surface area contributed by atoms with E-state index in [4.69, 9.17) is 21.1 Å². The maximum Gasteiger partial charge on any atom is 0.236 e. The first-order chi connectivity index (χ1) is 11.1. The summed E-state index contributed by atoms with van der Waals surface area (Å²) >= 11 is 6.27. The molecule has 0 spiro atoms. The van der Waals surface area contributed by atoms with Crippen molar-refractivity contribution in [1.29, 1.82) is 0 Å². The first-order valence-electron chi connectivity index (χ1n) is 6.94. The number of rotatable bonds is 6. The van der Waals surface area contributed by atoms with Crippen LogP contribution in [0.5, 0.6) is 11.5 Å². The van der Waals surface area contributed by atoms with Crippen LogP contribution in [-0.2, 0) is 11.4 Å². The Bertz CT molecular complexity index is 702. The number of nitrogens with one attached hydrogen (secondary N) is 1. The van der Waals surface area contributed by atoms with Crippen LogP contribution in [0.25, 0.3) is 0 Å². The van der Waals surface area contributed by atoms with E-state index in [2.05, 4.69) is 10.5 Å². The highest BCUT2D eigenvalue weighted by atomic mass is 35.5. The number of hydrogen-bond donors (Lipinski definition) is 1. The molecule has 120 valence electrons. The van der Waals surface area contributed by atoms with Crippen molar-refractivity contribution in [2.24, 2.45) is 5.10 Å². The third kappa shape index (κ3) is 5.00. The highest BCUT2D eigenvalue weighted by Gasteiger charge is 2.11. The van der Waals surface area contributed by atoms with Crippen molar-refractivity contribution in [2.75, 3.05) is 7.11 Å². The number of ether oxygens (including phenoxy) is 2. The Morgan fingerprint density at radius 3 is 2.70 bits per heavy atom. The molecule has 0 heterocycles. The molecule has 2 aromatic carbocycles. The summed E-state index contributed by atoms with van der Waals surface area (Å²) in [6.45, 7) is 1.77. The third-order valence-electron chi connectivity index (χ3n) is 2.91. The van der Waals surface area contributed by atoms with Crippen molar-refractivity contribution in [2.45, 2.75) is 13.5 Å². The van der Waals surface area contributed by atoms with E-state index in [-0.39, 0.29) is 5.91 Å². The van der Waals surface area contributed by atoms with Gasteiger partial charge in [-0.1, -0.05) is 41.9 Å². The normalized spacial score (nSPS) is 10.6. The second-order valence-corrected chi connectivity index (χ2v) is 5.14. The van der Waals surface area contributed by atoms with Gasteiger partial charge >= 0.3 is 0 Å². The van der Waals surface area contributed by atoms with Gasteiger partial charge in [-0.2, -0.15) is 5.10 Å². The SMILES string of the molecule is COc1cc(/C=N\NC(C)=O)cc(Cl)c1OCc1ccccc1. The molecule has 0 atom stereocenters. The molecule has 2 rings (SSSR count). The van der Waals surface area contributed by atoms with Crippen LogP contribution in [0.15, 0.2) is 47.6 Å². The van der Waals surface area contributed by atoms with Crippen LogP contribution in [0.3, 0.4) is 0 Å². The Balaban J connectivity index is 2.16. The Morgan fingerprint density at radius 1 is 1.30 bits per heavy atom. The number of nitrogens with zero attached hydrogens (tertiary/aromatic N) is 1. The predicted molar refractivity (Wildman–Crippen MR) is 90.2 cm³/mol. The monoisotopic (exact) mass is 332 g/mol. The summed E-state index contributed by atoms with van der Waals surface area (Å²) in [4.78, 5) is 10.8. The first kappa shape index (κ1) is 16.8. The lowest BCUT2D eigenvalue weighted by molar-refractivity contribution is -0.118. The van der Waals surface area contributed by atoms with Crippen LogP contribution >= 0.6 is 11.6 Å². The number of carbonyl (C=O) groups excluding carboxylic acids is 1.